The van der Waals surface area contributed by atoms with E-state index in [1.807, 2.05) is 31.2 Å². The van der Waals surface area contributed by atoms with E-state index in [1.165, 1.54) is 23.0 Å². The van der Waals surface area contributed by atoms with Gasteiger partial charge in [0.15, 0.2) is 5.82 Å². The molecule has 0 spiro atoms. The lowest BCUT2D eigenvalue weighted by molar-refractivity contribution is 0.340. The molecule has 0 unspecified atom stereocenters. The molecule has 7 nitrogen and oxygen atoms in total. The zero-order valence-corrected chi connectivity index (χ0v) is 14.2. The van der Waals surface area contributed by atoms with Crippen LogP contribution in [0.15, 0.2) is 47.6 Å². The average Bonchev–Trinajstić information content (AvgIpc) is 2.95. The van der Waals surface area contributed by atoms with Gasteiger partial charge < -0.3 is 14.9 Å². The first-order valence-electron chi connectivity index (χ1n) is 7.55. The molecule has 8 heteroatoms. The monoisotopic (exact) mass is 356 g/mol. The molecule has 0 aliphatic heterocycles. The highest BCUT2D eigenvalue weighted by molar-refractivity contribution is 7.71. The number of hydrogen-bond donors (Lipinski definition) is 3. The smallest absolute Gasteiger partial charge is 0.216 e. The van der Waals surface area contributed by atoms with Crippen LogP contribution in [0.4, 0.5) is 0 Å². The SMILES string of the molecule is CCOc1cccc(-c2n[nH]c(=S)n2/N=C/c2ccc(O)cc2O)c1. The summed E-state index contributed by atoms with van der Waals surface area (Å²) >= 11 is 5.22. The Kier molecular flexibility index (Phi) is 4.80. The van der Waals surface area contributed by atoms with E-state index < -0.39 is 0 Å². The number of ether oxygens (including phenoxy) is 1. The molecule has 0 atom stereocenters. The van der Waals surface area contributed by atoms with Gasteiger partial charge in [-0.1, -0.05) is 12.1 Å². The molecule has 1 aromatic heterocycles. The highest BCUT2D eigenvalue weighted by atomic mass is 32.1. The molecule has 0 fully saturated rings. The number of nitrogens with one attached hydrogen (secondary N) is 1. The van der Waals surface area contributed by atoms with Crippen LogP contribution in [0.25, 0.3) is 11.4 Å². The van der Waals surface area contributed by atoms with Crippen molar-refractivity contribution in [2.75, 3.05) is 6.61 Å². The Morgan fingerprint density at radius 2 is 2.12 bits per heavy atom. The molecule has 0 bridgehead atoms. The van der Waals surface area contributed by atoms with Crippen LogP contribution in [0.5, 0.6) is 17.2 Å². The van der Waals surface area contributed by atoms with E-state index in [0.717, 1.165) is 11.3 Å². The van der Waals surface area contributed by atoms with Gasteiger partial charge in [-0.05, 0) is 43.4 Å². The largest absolute Gasteiger partial charge is 0.508 e. The van der Waals surface area contributed by atoms with Crippen LogP contribution in [0.1, 0.15) is 12.5 Å². The van der Waals surface area contributed by atoms with Crippen LogP contribution in [-0.2, 0) is 0 Å². The van der Waals surface area contributed by atoms with Crippen molar-refractivity contribution in [2.24, 2.45) is 5.10 Å². The summed E-state index contributed by atoms with van der Waals surface area (Å²) in [5.41, 5.74) is 1.22. The van der Waals surface area contributed by atoms with E-state index in [9.17, 15) is 10.2 Å². The van der Waals surface area contributed by atoms with Gasteiger partial charge in [0.05, 0.1) is 12.8 Å². The highest BCUT2D eigenvalue weighted by Gasteiger charge is 2.09. The number of benzene rings is 2. The van der Waals surface area contributed by atoms with E-state index >= 15 is 0 Å². The van der Waals surface area contributed by atoms with Crippen LogP contribution in [0, 0.1) is 4.77 Å². The van der Waals surface area contributed by atoms with E-state index in [0.29, 0.717) is 22.8 Å². The van der Waals surface area contributed by atoms with Crippen LogP contribution in [0.2, 0.25) is 0 Å². The van der Waals surface area contributed by atoms with Gasteiger partial charge in [-0.25, -0.2) is 5.10 Å². The van der Waals surface area contributed by atoms with Gasteiger partial charge in [0.2, 0.25) is 4.77 Å². The second-order valence-corrected chi connectivity index (χ2v) is 5.50. The third kappa shape index (κ3) is 3.69. The Morgan fingerprint density at radius 3 is 2.88 bits per heavy atom. The fourth-order valence-corrected chi connectivity index (χ4v) is 2.42. The molecule has 0 aliphatic rings. The molecule has 25 heavy (non-hydrogen) atoms. The summed E-state index contributed by atoms with van der Waals surface area (Å²) in [6.45, 7) is 2.48. The van der Waals surface area contributed by atoms with Crippen LogP contribution in [0.3, 0.4) is 0 Å². The Morgan fingerprint density at radius 1 is 1.28 bits per heavy atom. The predicted octanol–water partition coefficient (Wildman–Crippen LogP) is 3.30. The summed E-state index contributed by atoms with van der Waals surface area (Å²) < 4.78 is 7.26. The third-order valence-electron chi connectivity index (χ3n) is 3.38. The molecular formula is C17H16N4O3S. The first-order chi connectivity index (χ1) is 12.1. The van der Waals surface area contributed by atoms with Gasteiger partial charge in [-0.3, -0.25) is 0 Å². The maximum atomic E-state index is 9.84. The summed E-state index contributed by atoms with van der Waals surface area (Å²) in [6, 6.07) is 11.7. The highest BCUT2D eigenvalue weighted by Crippen LogP contribution is 2.24. The van der Waals surface area contributed by atoms with Gasteiger partial charge in [-0.2, -0.15) is 14.9 Å². The number of aromatic hydroxyl groups is 2. The van der Waals surface area contributed by atoms with Crippen molar-refractivity contribution in [2.45, 2.75) is 6.92 Å². The summed E-state index contributed by atoms with van der Waals surface area (Å²) in [6.07, 6.45) is 1.44. The molecule has 3 N–H and O–H groups in total. The minimum Gasteiger partial charge on any atom is -0.508 e. The number of phenols is 2. The van der Waals surface area contributed by atoms with Crippen molar-refractivity contribution in [1.82, 2.24) is 14.9 Å². The first kappa shape index (κ1) is 16.7. The minimum atomic E-state index is -0.0846. The molecule has 0 saturated heterocycles. The van der Waals surface area contributed by atoms with E-state index in [4.69, 9.17) is 17.0 Å². The minimum absolute atomic E-state index is 0.0250. The third-order valence-corrected chi connectivity index (χ3v) is 3.64. The average molecular weight is 356 g/mol. The number of hydrogen-bond acceptors (Lipinski definition) is 6. The molecule has 3 rings (SSSR count). The maximum absolute atomic E-state index is 9.84. The predicted molar refractivity (Wildman–Crippen MR) is 96.8 cm³/mol. The van der Waals surface area contributed by atoms with Crippen molar-refractivity contribution in [3.8, 4) is 28.6 Å². The van der Waals surface area contributed by atoms with Crippen molar-refractivity contribution in [1.29, 1.82) is 0 Å². The maximum Gasteiger partial charge on any atom is 0.216 e. The zero-order chi connectivity index (χ0) is 17.8. The molecule has 3 aromatic rings. The lowest BCUT2D eigenvalue weighted by Crippen LogP contribution is -1.96. The van der Waals surface area contributed by atoms with Gasteiger partial charge in [0, 0.05) is 17.2 Å². The molecule has 0 amide bonds. The number of H-pyrrole nitrogens is 1. The van der Waals surface area contributed by atoms with E-state index in [2.05, 4.69) is 15.3 Å². The van der Waals surface area contributed by atoms with E-state index in [-0.39, 0.29) is 11.5 Å². The number of phenolic OH excluding ortho intramolecular Hbond substituents is 2. The van der Waals surface area contributed by atoms with Crippen LogP contribution < -0.4 is 4.74 Å². The quantitative estimate of drug-likeness (QED) is 0.481. The van der Waals surface area contributed by atoms with Crippen molar-refractivity contribution in [3.05, 3.63) is 52.8 Å². The number of nitrogens with zero attached hydrogens (tertiary/aromatic N) is 3. The van der Waals surface area contributed by atoms with E-state index in [1.54, 1.807) is 6.07 Å². The lowest BCUT2D eigenvalue weighted by atomic mass is 10.2. The number of aromatic amines is 1. The molecule has 1 heterocycles. The van der Waals surface area contributed by atoms with Crippen LogP contribution >= 0.6 is 12.2 Å². The Labute approximate surface area is 148 Å². The number of aromatic nitrogens is 3. The normalized spacial score (nSPS) is 11.1. The Bertz CT molecular complexity index is 978. The van der Waals surface area contributed by atoms with Gasteiger partial charge in [0.25, 0.3) is 0 Å². The van der Waals surface area contributed by atoms with Crippen molar-refractivity contribution in [3.63, 3.8) is 0 Å². The fourth-order valence-electron chi connectivity index (χ4n) is 2.24. The molecule has 0 radical (unpaired) electrons. The van der Waals surface area contributed by atoms with Gasteiger partial charge in [0.1, 0.15) is 17.2 Å². The zero-order valence-electron chi connectivity index (χ0n) is 13.4. The molecule has 0 saturated carbocycles. The Balaban J connectivity index is 1.98. The molecular weight excluding hydrogens is 340 g/mol. The summed E-state index contributed by atoms with van der Waals surface area (Å²) in [5.74, 6) is 1.13. The summed E-state index contributed by atoms with van der Waals surface area (Å²) in [5, 5.41) is 30.4. The first-order valence-corrected chi connectivity index (χ1v) is 7.96. The topological polar surface area (TPSA) is 95.7 Å². The number of rotatable bonds is 5. The second kappa shape index (κ2) is 7.18. The second-order valence-electron chi connectivity index (χ2n) is 5.11. The lowest BCUT2D eigenvalue weighted by Gasteiger charge is -2.05. The molecule has 2 aromatic carbocycles. The molecule has 0 aliphatic carbocycles. The van der Waals surface area contributed by atoms with Gasteiger partial charge >= 0.3 is 0 Å². The van der Waals surface area contributed by atoms with Crippen LogP contribution in [-0.4, -0.2) is 37.9 Å². The standard InChI is InChI=1S/C17H16N4O3S/c1-2-24-14-5-3-4-11(8-14)16-19-20-17(25)21(16)18-10-12-6-7-13(22)9-15(12)23/h3-10,22-23H,2H2,1H3,(H,20,25)/b18-10+. The van der Waals surface area contributed by atoms with Crippen molar-refractivity contribution < 1.29 is 14.9 Å². The van der Waals surface area contributed by atoms with Crippen molar-refractivity contribution >= 4 is 18.4 Å². The summed E-state index contributed by atoms with van der Waals surface area (Å²) in [7, 11) is 0. The summed E-state index contributed by atoms with van der Waals surface area (Å²) in [4.78, 5) is 0. The molecule has 128 valence electrons. The Hall–Kier alpha value is -3.13. The van der Waals surface area contributed by atoms with Gasteiger partial charge in [-0.15, -0.1) is 0 Å². The fraction of sp³-hybridized carbons (Fsp3) is 0.118.